The minimum Gasteiger partial charge on any atom is -0.445 e. The van der Waals surface area contributed by atoms with E-state index in [2.05, 4.69) is 10.4 Å². The quantitative estimate of drug-likeness (QED) is 0.425. The summed E-state index contributed by atoms with van der Waals surface area (Å²) in [7, 11) is 0. The largest absolute Gasteiger partial charge is 0.445 e. The predicted molar refractivity (Wildman–Crippen MR) is 120 cm³/mol. The van der Waals surface area contributed by atoms with Gasteiger partial charge in [-0.05, 0) is 42.5 Å². The van der Waals surface area contributed by atoms with E-state index in [4.69, 9.17) is 16.3 Å². The average molecular weight is 471 g/mol. The first-order valence-corrected chi connectivity index (χ1v) is 10.5. The van der Waals surface area contributed by atoms with Gasteiger partial charge in [-0.2, -0.15) is 5.01 Å². The molecule has 2 aromatic carbocycles. The Labute approximate surface area is 191 Å². The molecule has 11 heteroatoms. The summed E-state index contributed by atoms with van der Waals surface area (Å²) in [6.45, 7) is 1.35. The number of ether oxygens (including phenoxy) is 1. The second kappa shape index (κ2) is 8.77. The molecule has 1 aromatic heterocycles. The Balaban J connectivity index is 1.50. The highest BCUT2D eigenvalue weighted by Gasteiger charge is 2.34. The standard InChI is InChI=1S/C21H15ClN4O5S/c1-12(27)25-21(31-20(24-25)17-10-11-18(32-17)26(29)30)14-4-8-16(9-5-14)23-19(28)13-2-6-15(22)7-3-13/h2-11,21H,1H3,(H,23,28)/t21-/m0/s1. The molecule has 0 saturated carbocycles. The molecule has 0 fully saturated rings. The molecule has 0 bridgehead atoms. The van der Waals surface area contributed by atoms with Gasteiger partial charge in [0.1, 0.15) is 0 Å². The summed E-state index contributed by atoms with van der Waals surface area (Å²) in [6, 6.07) is 16.2. The van der Waals surface area contributed by atoms with Crippen molar-refractivity contribution in [2.75, 3.05) is 5.32 Å². The Hall–Kier alpha value is -3.76. The topological polar surface area (TPSA) is 114 Å². The van der Waals surface area contributed by atoms with E-state index in [1.807, 2.05) is 0 Å². The number of hydrogen-bond donors (Lipinski definition) is 1. The van der Waals surface area contributed by atoms with Gasteiger partial charge in [-0.1, -0.05) is 35.1 Å². The van der Waals surface area contributed by atoms with Gasteiger partial charge in [0.05, 0.1) is 9.80 Å². The van der Waals surface area contributed by atoms with E-state index in [9.17, 15) is 19.7 Å². The third kappa shape index (κ3) is 4.46. The molecule has 32 heavy (non-hydrogen) atoms. The van der Waals surface area contributed by atoms with E-state index in [-0.39, 0.29) is 22.7 Å². The van der Waals surface area contributed by atoms with Crippen molar-refractivity contribution in [3.63, 3.8) is 0 Å². The zero-order valence-corrected chi connectivity index (χ0v) is 18.1. The fraction of sp³-hybridized carbons (Fsp3) is 0.0952. The summed E-state index contributed by atoms with van der Waals surface area (Å²) in [5, 5.41) is 19.6. The number of amides is 2. The van der Waals surface area contributed by atoms with Gasteiger partial charge in [-0.25, -0.2) is 0 Å². The predicted octanol–water partition coefficient (Wildman–Crippen LogP) is 4.80. The Morgan fingerprint density at radius 2 is 1.81 bits per heavy atom. The van der Waals surface area contributed by atoms with Gasteiger partial charge >= 0.3 is 5.00 Å². The van der Waals surface area contributed by atoms with Gasteiger partial charge in [-0.15, -0.1) is 5.10 Å². The normalized spacial score (nSPS) is 15.1. The number of benzene rings is 2. The van der Waals surface area contributed by atoms with Crippen LogP contribution >= 0.6 is 22.9 Å². The second-order valence-electron chi connectivity index (χ2n) is 6.72. The first-order valence-electron chi connectivity index (χ1n) is 9.28. The summed E-state index contributed by atoms with van der Waals surface area (Å²) >= 11 is 6.75. The SMILES string of the molecule is CC(=O)N1N=C(c2ccc([N+](=O)[O-])s2)O[C@H]1c1ccc(NC(=O)c2ccc(Cl)cc2)cc1. The molecule has 1 N–H and O–H groups in total. The molecule has 1 atom stereocenters. The van der Waals surface area contributed by atoms with E-state index in [1.54, 1.807) is 48.5 Å². The lowest BCUT2D eigenvalue weighted by molar-refractivity contribution is -0.380. The molecule has 0 unspecified atom stereocenters. The van der Waals surface area contributed by atoms with E-state index in [0.29, 0.717) is 26.7 Å². The third-order valence-electron chi connectivity index (χ3n) is 4.51. The summed E-state index contributed by atoms with van der Waals surface area (Å²) in [4.78, 5) is 35.3. The number of nitrogens with one attached hydrogen (secondary N) is 1. The van der Waals surface area contributed by atoms with Crippen LogP contribution in [-0.4, -0.2) is 27.6 Å². The molecule has 0 spiro atoms. The molecule has 2 amide bonds. The highest BCUT2D eigenvalue weighted by molar-refractivity contribution is 7.17. The van der Waals surface area contributed by atoms with Crippen molar-refractivity contribution >= 4 is 51.3 Å². The van der Waals surface area contributed by atoms with E-state index in [1.165, 1.54) is 24.1 Å². The molecular weight excluding hydrogens is 456 g/mol. The first-order chi connectivity index (χ1) is 15.3. The minimum atomic E-state index is -0.829. The van der Waals surface area contributed by atoms with Crippen molar-refractivity contribution in [2.45, 2.75) is 13.2 Å². The Kier molecular flexibility index (Phi) is 5.89. The lowest BCUT2D eigenvalue weighted by atomic mass is 10.1. The van der Waals surface area contributed by atoms with Gasteiger partial charge < -0.3 is 10.1 Å². The number of halogens is 1. The maximum atomic E-state index is 12.4. The lowest BCUT2D eigenvalue weighted by Gasteiger charge is -2.19. The second-order valence-corrected chi connectivity index (χ2v) is 8.22. The van der Waals surface area contributed by atoms with Crippen molar-refractivity contribution < 1.29 is 19.2 Å². The van der Waals surface area contributed by atoms with Crippen LogP contribution in [0.4, 0.5) is 10.7 Å². The third-order valence-corrected chi connectivity index (χ3v) is 5.79. The molecule has 9 nitrogen and oxygen atoms in total. The number of hydrazone groups is 1. The van der Waals surface area contributed by atoms with Crippen molar-refractivity contribution in [3.05, 3.63) is 91.8 Å². The monoisotopic (exact) mass is 470 g/mol. The molecular formula is C21H15ClN4O5S. The van der Waals surface area contributed by atoms with Gasteiger partial charge in [-0.3, -0.25) is 19.7 Å². The number of nitrogens with zero attached hydrogens (tertiary/aromatic N) is 3. The average Bonchev–Trinajstić information content (AvgIpc) is 3.42. The maximum Gasteiger partial charge on any atom is 0.324 e. The van der Waals surface area contributed by atoms with Gasteiger partial charge in [0.25, 0.3) is 11.8 Å². The van der Waals surface area contributed by atoms with Gasteiger partial charge in [0, 0.05) is 34.8 Å². The highest BCUT2D eigenvalue weighted by atomic mass is 35.5. The zero-order chi connectivity index (χ0) is 22.8. The van der Waals surface area contributed by atoms with Gasteiger partial charge in [0.2, 0.25) is 12.1 Å². The van der Waals surface area contributed by atoms with E-state index >= 15 is 0 Å². The Morgan fingerprint density at radius 1 is 1.12 bits per heavy atom. The molecule has 0 saturated heterocycles. The van der Waals surface area contributed by atoms with E-state index in [0.717, 1.165) is 11.3 Å². The number of thiophene rings is 1. The van der Waals surface area contributed by atoms with Crippen LogP contribution in [-0.2, 0) is 9.53 Å². The first kappa shape index (κ1) is 21.5. The zero-order valence-electron chi connectivity index (χ0n) is 16.5. The van der Waals surface area contributed by atoms with Crippen LogP contribution in [0.1, 0.15) is 34.0 Å². The van der Waals surface area contributed by atoms with Crippen LogP contribution in [0.15, 0.2) is 65.8 Å². The molecule has 0 radical (unpaired) electrons. The van der Waals surface area contributed by atoms with Gasteiger partial charge in [0.15, 0.2) is 0 Å². The van der Waals surface area contributed by atoms with Crippen molar-refractivity contribution in [1.29, 1.82) is 0 Å². The lowest BCUT2D eigenvalue weighted by Crippen LogP contribution is -2.25. The highest BCUT2D eigenvalue weighted by Crippen LogP contribution is 2.34. The summed E-state index contributed by atoms with van der Waals surface area (Å²) in [6.07, 6.45) is -0.829. The minimum absolute atomic E-state index is 0.0510. The number of carbonyl (C=O) groups is 2. The van der Waals surface area contributed by atoms with Crippen LogP contribution in [0, 0.1) is 10.1 Å². The number of hydrogen-bond acceptors (Lipinski definition) is 7. The summed E-state index contributed by atoms with van der Waals surface area (Å²) in [5.74, 6) is -0.513. The molecule has 1 aliphatic heterocycles. The summed E-state index contributed by atoms with van der Waals surface area (Å²) < 4.78 is 5.85. The smallest absolute Gasteiger partial charge is 0.324 e. The van der Waals surface area contributed by atoms with Crippen molar-refractivity contribution in [2.24, 2.45) is 5.10 Å². The Bertz CT molecular complexity index is 1220. The van der Waals surface area contributed by atoms with Crippen LogP contribution in [0.3, 0.4) is 0 Å². The number of rotatable bonds is 5. The van der Waals surface area contributed by atoms with Crippen LogP contribution in [0.5, 0.6) is 0 Å². The van der Waals surface area contributed by atoms with Crippen molar-refractivity contribution in [3.8, 4) is 0 Å². The molecule has 4 rings (SSSR count). The fourth-order valence-corrected chi connectivity index (χ4v) is 3.83. The maximum absolute atomic E-state index is 12.4. The number of carbonyl (C=O) groups excluding carboxylic acids is 2. The molecule has 3 aromatic rings. The van der Waals surface area contributed by atoms with E-state index < -0.39 is 11.2 Å². The van der Waals surface area contributed by atoms with Crippen molar-refractivity contribution in [1.82, 2.24) is 5.01 Å². The number of nitro groups is 1. The molecule has 0 aliphatic carbocycles. The van der Waals surface area contributed by atoms with Crippen LogP contribution < -0.4 is 5.32 Å². The van der Waals surface area contributed by atoms with Crippen LogP contribution in [0.25, 0.3) is 0 Å². The molecule has 1 aliphatic rings. The fourth-order valence-electron chi connectivity index (χ4n) is 2.96. The van der Waals surface area contributed by atoms with Crippen LogP contribution in [0.2, 0.25) is 5.02 Å². The molecule has 2 heterocycles. The Morgan fingerprint density at radius 3 is 2.41 bits per heavy atom. The molecule has 162 valence electrons. The number of anilines is 1. The summed E-state index contributed by atoms with van der Waals surface area (Å²) in [5.41, 5.74) is 1.63.